The van der Waals surface area contributed by atoms with Crippen LogP contribution in [0.25, 0.3) is 10.8 Å². The van der Waals surface area contributed by atoms with Crippen molar-refractivity contribution in [3.05, 3.63) is 226 Å². The number of methoxy groups -OCH3 is 2. The zero-order chi connectivity index (χ0) is 92.4. The number of nitrogens with zero attached hydrogens (tertiary/aromatic N) is 1. The lowest BCUT2D eigenvalue weighted by molar-refractivity contribution is -0.239. The monoisotopic (exact) mass is 1770 g/mol. The molecule has 3 aliphatic heterocycles. The first-order valence-corrected chi connectivity index (χ1v) is 38.9. The van der Waals surface area contributed by atoms with Gasteiger partial charge in [0.05, 0.1) is 64.9 Å². The molecule has 8 aromatic rings. The highest BCUT2D eigenvalue weighted by atomic mass is 79.9. The van der Waals surface area contributed by atoms with Crippen molar-refractivity contribution in [3.63, 3.8) is 0 Å². The summed E-state index contributed by atoms with van der Waals surface area (Å²) in [6.45, 7) is 8.58. The maximum atomic E-state index is 12.3. The number of phenolic OH excluding ortho intramolecular Hbond substituents is 2. The minimum Gasteiger partial charge on any atom is -0.508 e. The minimum absolute atomic E-state index is 0.0369. The van der Waals surface area contributed by atoms with Gasteiger partial charge in [-0.25, -0.2) is 0 Å². The van der Waals surface area contributed by atoms with Crippen molar-refractivity contribution in [2.45, 2.75) is 90.6 Å². The number of para-hydroxylation sites is 6. The van der Waals surface area contributed by atoms with E-state index < -0.39 is 59.1 Å². The second-order valence-electron chi connectivity index (χ2n) is 26.7. The lowest BCUT2D eigenvalue weighted by Crippen LogP contribution is -2.49. The molecule has 0 atom stereocenters. The van der Waals surface area contributed by atoms with E-state index in [1.165, 1.54) is 54.0 Å². The average molecular weight is 1780 g/mol. The molecule has 125 heavy (non-hydrogen) atoms. The molecule has 1 aliphatic carbocycles. The second-order valence-corrected chi connectivity index (χ2v) is 27.3. The van der Waals surface area contributed by atoms with Gasteiger partial charge in [0.25, 0.3) is 11.6 Å². The van der Waals surface area contributed by atoms with Crippen LogP contribution in [-0.2, 0) is 124 Å². The molecule has 3 fully saturated rings. The molecule has 12 rings (SSSR count). The number of carbonyl (C=O) groups excluding carboxylic acids is 11. The number of phenols is 2. The third-order valence-corrected chi connectivity index (χ3v) is 16.9. The van der Waals surface area contributed by atoms with Crippen LogP contribution in [0.5, 0.6) is 34.5 Å². The molecule has 4 N–H and O–H groups in total. The number of carboxylic acids is 2. The van der Waals surface area contributed by atoms with Crippen molar-refractivity contribution in [1.29, 1.82) is 0 Å². The van der Waals surface area contributed by atoms with Crippen molar-refractivity contribution >= 4 is 103 Å². The Morgan fingerprint density at radius 2 is 0.768 bits per heavy atom. The third-order valence-electron chi connectivity index (χ3n) is 16.6. The van der Waals surface area contributed by atoms with Crippen LogP contribution in [0.4, 0.5) is 0 Å². The lowest BCUT2D eigenvalue weighted by Gasteiger charge is -2.32. The SMILES string of the molecule is C#CCBr.C#CCOc1ccccc1CC(=O)C1C(=O)OC(C)(C)OC1=O.C#CCOc1ccccc1CC(=O)CC(=O)N1CCOCC1.C#CCOc1ccccc1CC(=O)O.C#CCOc1ccccc1CC(=O)OC.CC1(C)OC(=O)CC(=O)O1.COC(=O)Cc1ccccc1O.O=C(O)Cc1ccccc1O.O=C1C(=O)c2cccc3cccc1c23. The number of aromatic hydroxyl groups is 2. The number of esters is 6. The molecule has 0 spiro atoms. The number of carbonyl (C=O) groups is 13. The fraction of sp³-hybridized carbons (Fsp3) is 0.274. The van der Waals surface area contributed by atoms with Gasteiger partial charge in [0, 0.05) is 104 Å². The number of cyclic esters (lactones) is 4. The van der Waals surface area contributed by atoms with E-state index in [1.807, 2.05) is 48.5 Å². The Labute approximate surface area is 731 Å². The zero-order valence-corrected chi connectivity index (χ0v) is 70.8. The summed E-state index contributed by atoms with van der Waals surface area (Å²) in [5.74, 6) is 3.10. The van der Waals surface area contributed by atoms with E-state index in [4.69, 9.17) is 80.6 Å². The number of Topliss-reactive ketones (excluding diaryl/α,β-unsaturated/α-hetero) is 4. The molecule has 0 aromatic heterocycles. The number of aliphatic carboxylic acids is 2. The number of halogens is 1. The molecular weight excluding hydrogens is 1680 g/mol. The fourth-order valence-corrected chi connectivity index (χ4v) is 11.1. The molecule has 0 unspecified atom stereocenters. The van der Waals surface area contributed by atoms with Crippen LogP contribution in [-0.4, -0.2) is 186 Å². The van der Waals surface area contributed by atoms with Crippen molar-refractivity contribution in [2.75, 3.05) is 72.3 Å². The smallest absolute Gasteiger partial charge is 0.331 e. The first-order chi connectivity index (χ1) is 59.7. The molecule has 3 heterocycles. The highest BCUT2D eigenvalue weighted by molar-refractivity contribution is 9.09. The van der Waals surface area contributed by atoms with E-state index in [0.29, 0.717) is 88.0 Å². The summed E-state index contributed by atoms with van der Waals surface area (Å²) < 4.78 is 54.7. The molecule has 3 saturated heterocycles. The predicted octanol–water partition coefficient (Wildman–Crippen LogP) is 10.6. The predicted molar refractivity (Wildman–Crippen MR) is 459 cm³/mol. The van der Waals surface area contributed by atoms with Gasteiger partial charge in [-0.15, -0.1) is 32.1 Å². The average Bonchev–Trinajstić information content (AvgIpc) is 1.46. The minimum atomic E-state index is -1.58. The van der Waals surface area contributed by atoms with Gasteiger partial charge in [-0.3, -0.25) is 62.3 Å². The summed E-state index contributed by atoms with van der Waals surface area (Å²) in [5, 5.41) is 37.8. The van der Waals surface area contributed by atoms with E-state index in [0.717, 1.165) is 21.9 Å². The number of terminal acetylenes is 5. The molecule has 30 heteroatoms. The van der Waals surface area contributed by atoms with Gasteiger partial charge in [0.15, 0.2) is 5.78 Å². The summed E-state index contributed by atoms with van der Waals surface area (Å²) in [5.41, 5.74) is 4.81. The van der Waals surface area contributed by atoms with Gasteiger partial charge in [0.1, 0.15) is 73.1 Å². The van der Waals surface area contributed by atoms with Crippen LogP contribution in [0.15, 0.2) is 182 Å². The van der Waals surface area contributed by atoms with Crippen molar-refractivity contribution in [2.24, 2.45) is 5.92 Å². The number of rotatable bonds is 23. The first kappa shape index (κ1) is 102. The molecule has 0 radical (unpaired) electrons. The van der Waals surface area contributed by atoms with Crippen molar-refractivity contribution in [3.8, 4) is 96.2 Å². The lowest BCUT2D eigenvalue weighted by atomic mass is 9.96. The van der Waals surface area contributed by atoms with E-state index in [9.17, 15) is 67.4 Å². The molecule has 0 bridgehead atoms. The van der Waals surface area contributed by atoms with E-state index in [-0.39, 0.29) is 124 Å². The van der Waals surface area contributed by atoms with Crippen LogP contribution in [0, 0.1) is 67.6 Å². The Bertz CT molecular complexity index is 5230. The van der Waals surface area contributed by atoms with Crippen LogP contribution in [0.3, 0.4) is 0 Å². The number of ketones is 4. The van der Waals surface area contributed by atoms with E-state index in [2.05, 4.69) is 64.5 Å². The summed E-state index contributed by atoms with van der Waals surface area (Å²) in [6, 6.07) is 52.1. The number of amides is 1. The third kappa shape index (κ3) is 36.8. The van der Waals surface area contributed by atoms with Gasteiger partial charge in [-0.05, 0) is 41.8 Å². The number of morpholine rings is 1. The normalized spacial score (nSPS) is 13.1. The van der Waals surface area contributed by atoms with Crippen LogP contribution < -0.4 is 18.9 Å². The Morgan fingerprint density at radius 3 is 1.13 bits per heavy atom. The molecule has 8 aromatic carbocycles. The number of benzene rings is 8. The van der Waals surface area contributed by atoms with Crippen LogP contribution >= 0.6 is 15.9 Å². The highest BCUT2D eigenvalue weighted by Crippen LogP contribution is 2.32. The summed E-state index contributed by atoms with van der Waals surface area (Å²) in [7, 11) is 2.68. The summed E-state index contributed by atoms with van der Waals surface area (Å²) in [4.78, 5) is 149. The summed E-state index contributed by atoms with van der Waals surface area (Å²) in [6.07, 6.45) is 24.9. The molecule has 4 aliphatic rings. The number of alkyl halides is 1. The molecule has 0 saturated carbocycles. The Balaban J connectivity index is 0.000000302. The van der Waals surface area contributed by atoms with E-state index >= 15 is 0 Å². The van der Waals surface area contributed by atoms with Gasteiger partial charge in [-0.1, -0.05) is 191 Å². The first-order valence-electron chi connectivity index (χ1n) is 37.8. The highest BCUT2D eigenvalue weighted by Gasteiger charge is 2.47. The summed E-state index contributed by atoms with van der Waals surface area (Å²) >= 11 is 3.01. The Hall–Kier alpha value is -15.0. The quantitative estimate of drug-likeness (QED) is 0.0115. The van der Waals surface area contributed by atoms with Gasteiger partial charge in [-0.2, -0.15) is 0 Å². The standard InChI is InChI=1S/C17H19NO4.C17H16O6.C12H12O3.C12H6O2.C11H10O3.C9H10O3.C8H8O3.C6H8O4.C3H3Br/c1-2-9-22-16-6-4-3-5-14(16)12-15(19)13-17(20)18-7-10-21-11-8-18;1-4-9-21-13-8-6-5-7-11(13)10-12(18)14-15(19)22-17(2,3)23-16(14)20;1-3-8-15-11-7-5-4-6-10(11)9-12(13)14-2;13-11-8-5-1-3-7-4-2-6-9(10(7)8)12(11)14;1-2-7-14-10-6-4-3-5-9(10)8-11(12)13;1-12-9(11)6-7-4-2-3-5-8(7)10;9-7-4-2-1-3-6(7)5-8(10)11;1-6(2)9-4(7)3-5(8)10-6;1-2-3-4/h1,3-6H,7-13H2;1,5-8,14H,9-10H2,2-3H3;1,4-7H,8-9H2,2H3;1-6H;1,3-6H,7-8H2,(H,12,13);2-5,10H,6H2,1H3;1-4,9H,5H2,(H,10,11);3H2,1-2H3;1H,3H2. The van der Waals surface area contributed by atoms with Gasteiger partial charge < -0.3 is 77.4 Å². The largest absolute Gasteiger partial charge is 0.508 e. The van der Waals surface area contributed by atoms with Gasteiger partial charge >= 0.3 is 47.8 Å². The van der Waals surface area contributed by atoms with Crippen LogP contribution in [0.1, 0.15) is 94.6 Å². The van der Waals surface area contributed by atoms with Gasteiger partial charge in [0.2, 0.25) is 23.4 Å². The number of carboxylic acid groups (broad SMARTS) is 2. The van der Waals surface area contributed by atoms with Crippen molar-refractivity contribution in [1.82, 2.24) is 4.90 Å². The second kappa shape index (κ2) is 54.3. The fourth-order valence-electron chi connectivity index (χ4n) is 11.1. The topological polar surface area (TPSA) is 408 Å². The number of ether oxygens (including phenoxy) is 11. The zero-order valence-electron chi connectivity index (χ0n) is 69.2. The maximum Gasteiger partial charge on any atom is 0.331 e. The maximum absolute atomic E-state index is 12.3. The molecule has 652 valence electrons. The Kier molecular flexibility index (Phi) is 44.4. The molecule has 29 nitrogen and oxygen atoms in total. The van der Waals surface area contributed by atoms with Crippen molar-refractivity contribution < 1.29 is 135 Å². The Morgan fingerprint density at radius 1 is 0.440 bits per heavy atom. The molecule has 1 amide bonds. The van der Waals surface area contributed by atoms with E-state index in [1.54, 1.807) is 126 Å². The number of hydrogen-bond donors (Lipinski definition) is 4. The number of hydrogen-bond acceptors (Lipinski definition) is 26. The molecular formula is C95H92BrNO28. The van der Waals surface area contributed by atoms with Crippen LogP contribution in [0.2, 0.25) is 0 Å².